The SMILES string of the molecule is CC(=O)C=O.CCCN(CCOc1c(Cl)cc(Cl)cc1Cl)C(=O)n1ccnc1. The average molecular weight is 449 g/mol. The van der Waals surface area contributed by atoms with Gasteiger partial charge in [0.2, 0.25) is 0 Å². The van der Waals surface area contributed by atoms with Crippen molar-refractivity contribution in [2.75, 3.05) is 19.7 Å². The Hall–Kier alpha value is -2.09. The van der Waals surface area contributed by atoms with Crippen molar-refractivity contribution in [1.82, 2.24) is 14.5 Å². The van der Waals surface area contributed by atoms with Gasteiger partial charge in [-0.05, 0) is 18.6 Å². The second kappa shape index (κ2) is 12.4. The van der Waals surface area contributed by atoms with Crippen molar-refractivity contribution in [1.29, 1.82) is 0 Å². The van der Waals surface area contributed by atoms with Crippen molar-refractivity contribution < 1.29 is 19.1 Å². The van der Waals surface area contributed by atoms with Crippen molar-refractivity contribution >= 4 is 52.9 Å². The van der Waals surface area contributed by atoms with Crippen LogP contribution < -0.4 is 4.74 Å². The number of carbonyl (C=O) groups excluding carboxylic acids is 3. The Morgan fingerprint density at radius 2 is 1.82 bits per heavy atom. The molecule has 1 aromatic carbocycles. The molecule has 0 aliphatic carbocycles. The predicted molar refractivity (Wildman–Crippen MR) is 109 cm³/mol. The molecule has 0 aliphatic rings. The summed E-state index contributed by atoms with van der Waals surface area (Å²) in [7, 11) is 0. The summed E-state index contributed by atoms with van der Waals surface area (Å²) in [6, 6.07) is 2.97. The highest BCUT2D eigenvalue weighted by molar-refractivity contribution is 6.40. The van der Waals surface area contributed by atoms with Crippen molar-refractivity contribution in [2.45, 2.75) is 20.3 Å². The zero-order valence-electron chi connectivity index (χ0n) is 15.4. The van der Waals surface area contributed by atoms with Gasteiger partial charge in [0.25, 0.3) is 0 Å². The van der Waals surface area contributed by atoms with Gasteiger partial charge in [0.15, 0.2) is 17.8 Å². The van der Waals surface area contributed by atoms with Crippen LogP contribution in [0.3, 0.4) is 0 Å². The van der Waals surface area contributed by atoms with E-state index in [4.69, 9.17) is 44.3 Å². The lowest BCUT2D eigenvalue weighted by molar-refractivity contribution is -0.128. The van der Waals surface area contributed by atoms with E-state index in [-0.39, 0.29) is 18.9 Å². The molecule has 0 N–H and O–H groups in total. The number of nitrogens with zero attached hydrogens (tertiary/aromatic N) is 3. The number of halogens is 3. The molecule has 10 heteroatoms. The first-order valence-electron chi connectivity index (χ1n) is 8.30. The molecule has 152 valence electrons. The predicted octanol–water partition coefficient (Wildman–Crippen LogP) is 4.38. The summed E-state index contributed by atoms with van der Waals surface area (Å²) in [4.78, 5) is 36.5. The molecule has 0 radical (unpaired) electrons. The quantitative estimate of drug-likeness (QED) is 0.464. The lowest BCUT2D eigenvalue weighted by Crippen LogP contribution is -2.37. The van der Waals surface area contributed by atoms with E-state index in [1.165, 1.54) is 17.8 Å². The molecule has 0 bridgehead atoms. The highest BCUT2D eigenvalue weighted by Crippen LogP contribution is 2.35. The van der Waals surface area contributed by atoms with Gasteiger partial charge in [-0.15, -0.1) is 0 Å². The van der Waals surface area contributed by atoms with Crippen LogP contribution >= 0.6 is 34.8 Å². The molecule has 2 aromatic rings. The average Bonchev–Trinajstić information content (AvgIpc) is 3.17. The normalized spacial score (nSPS) is 9.89. The number of aromatic nitrogens is 2. The van der Waals surface area contributed by atoms with Gasteiger partial charge in [0.05, 0.1) is 16.6 Å². The number of ketones is 1. The van der Waals surface area contributed by atoms with Gasteiger partial charge in [-0.3, -0.25) is 14.2 Å². The second-order valence-electron chi connectivity index (χ2n) is 5.52. The number of imidazole rings is 1. The van der Waals surface area contributed by atoms with Crippen LogP contribution in [-0.4, -0.2) is 52.2 Å². The second-order valence-corrected chi connectivity index (χ2v) is 6.77. The summed E-state index contributed by atoms with van der Waals surface area (Å²) in [5.41, 5.74) is 0. The maximum atomic E-state index is 12.3. The van der Waals surface area contributed by atoms with E-state index in [9.17, 15) is 9.59 Å². The van der Waals surface area contributed by atoms with Gasteiger partial charge < -0.3 is 9.64 Å². The summed E-state index contributed by atoms with van der Waals surface area (Å²) in [5, 5.41) is 1.12. The van der Waals surface area contributed by atoms with E-state index < -0.39 is 5.78 Å². The molecule has 1 aromatic heterocycles. The highest BCUT2D eigenvalue weighted by Gasteiger charge is 2.15. The molecule has 0 unspecified atom stereocenters. The minimum Gasteiger partial charge on any atom is -0.489 e. The largest absolute Gasteiger partial charge is 0.489 e. The Morgan fingerprint density at radius 3 is 2.29 bits per heavy atom. The van der Waals surface area contributed by atoms with Crippen LogP contribution in [0.15, 0.2) is 30.9 Å². The summed E-state index contributed by atoms with van der Waals surface area (Å²) in [6.07, 6.45) is 5.76. The molecule has 0 saturated carbocycles. The first-order chi connectivity index (χ1) is 13.3. The minimum atomic E-state index is -0.426. The van der Waals surface area contributed by atoms with Gasteiger partial charge in [-0.25, -0.2) is 9.78 Å². The summed E-state index contributed by atoms with van der Waals surface area (Å²) < 4.78 is 7.05. The van der Waals surface area contributed by atoms with Gasteiger partial charge in [-0.2, -0.15) is 0 Å². The van der Waals surface area contributed by atoms with Crippen molar-refractivity contribution in [3.8, 4) is 5.75 Å². The molecule has 7 nitrogen and oxygen atoms in total. The maximum Gasteiger partial charge on any atom is 0.329 e. The topological polar surface area (TPSA) is 81.5 Å². The molecule has 28 heavy (non-hydrogen) atoms. The third kappa shape index (κ3) is 7.88. The highest BCUT2D eigenvalue weighted by atomic mass is 35.5. The van der Waals surface area contributed by atoms with Crippen LogP contribution in [0.5, 0.6) is 5.75 Å². The number of ether oxygens (including phenoxy) is 1. The smallest absolute Gasteiger partial charge is 0.329 e. The Bertz CT molecular complexity index is 774. The van der Waals surface area contributed by atoms with Gasteiger partial charge in [0, 0.05) is 30.9 Å². The van der Waals surface area contributed by atoms with Gasteiger partial charge in [-0.1, -0.05) is 41.7 Å². The Balaban J connectivity index is 0.000000696. The molecule has 2 rings (SSSR count). The summed E-state index contributed by atoms with van der Waals surface area (Å²) >= 11 is 18.0. The van der Waals surface area contributed by atoms with Crippen molar-refractivity contribution in [2.24, 2.45) is 0 Å². The Labute approximate surface area is 178 Å². The van der Waals surface area contributed by atoms with Gasteiger partial charge >= 0.3 is 6.03 Å². The van der Waals surface area contributed by atoms with Crippen LogP contribution in [0.2, 0.25) is 15.1 Å². The fourth-order valence-electron chi connectivity index (χ4n) is 2.03. The van der Waals surface area contributed by atoms with Crippen LogP contribution in [-0.2, 0) is 9.59 Å². The maximum absolute atomic E-state index is 12.3. The standard InChI is InChI=1S/C15H16Cl3N3O2.C3H4O2/c1-2-4-20(15(22)21-5-3-19-10-21)6-7-23-14-12(17)8-11(16)9-13(14)18;1-3(5)2-4/h3,5,8-10H,2,4,6-7H2,1H3;2H,1H3. The van der Waals surface area contributed by atoms with E-state index in [0.29, 0.717) is 33.9 Å². The fraction of sp³-hybridized carbons (Fsp3) is 0.333. The van der Waals surface area contributed by atoms with Gasteiger partial charge in [0.1, 0.15) is 12.9 Å². The summed E-state index contributed by atoms with van der Waals surface area (Å²) in [6.45, 7) is 4.50. The molecule has 0 saturated heterocycles. The number of amides is 1. The zero-order valence-corrected chi connectivity index (χ0v) is 17.7. The Kier molecular flexibility index (Phi) is 10.6. The lowest BCUT2D eigenvalue weighted by atomic mass is 10.3. The number of hydrogen-bond acceptors (Lipinski definition) is 5. The first-order valence-corrected chi connectivity index (χ1v) is 9.43. The first kappa shape index (κ1) is 23.9. The van der Waals surface area contributed by atoms with E-state index in [1.807, 2.05) is 6.92 Å². The van der Waals surface area contributed by atoms with Crippen molar-refractivity contribution in [3.63, 3.8) is 0 Å². The molecule has 0 fully saturated rings. The number of benzene rings is 1. The van der Waals surface area contributed by atoms with Crippen LogP contribution in [0.25, 0.3) is 0 Å². The van der Waals surface area contributed by atoms with Crippen LogP contribution in [0.1, 0.15) is 20.3 Å². The number of hydrogen-bond donors (Lipinski definition) is 0. The molecule has 0 spiro atoms. The van der Waals surface area contributed by atoms with Crippen molar-refractivity contribution in [3.05, 3.63) is 45.9 Å². The third-order valence-electron chi connectivity index (χ3n) is 3.23. The third-order valence-corrected chi connectivity index (χ3v) is 4.01. The molecule has 0 aliphatic heterocycles. The Morgan fingerprint density at radius 1 is 1.21 bits per heavy atom. The van der Waals surface area contributed by atoms with E-state index >= 15 is 0 Å². The molecule has 1 amide bonds. The van der Waals surface area contributed by atoms with Crippen LogP contribution in [0, 0.1) is 0 Å². The van der Waals surface area contributed by atoms with E-state index in [2.05, 4.69) is 4.98 Å². The molecule has 0 atom stereocenters. The monoisotopic (exact) mass is 447 g/mol. The molecular formula is C18H20Cl3N3O4. The number of aldehydes is 1. The van der Waals surface area contributed by atoms with E-state index in [0.717, 1.165) is 6.42 Å². The number of rotatable bonds is 7. The fourth-order valence-corrected chi connectivity index (χ4v) is 2.96. The molecular weight excluding hydrogens is 429 g/mol. The van der Waals surface area contributed by atoms with E-state index in [1.54, 1.807) is 29.4 Å². The number of carbonyl (C=O) groups is 3. The van der Waals surface area contributed by atoms with Crippen LogP contribution in [0.4, 0.5) is 4.79 Å². The molecule has 1 heterocycles. The lowest BCUT2D eigenvalue weighted by Gasteiger charge is -2.22. The zero-order chi connectivity index (χ0) is 21.1. The minimum absolute atomic E-state index is 0.152. The number of Topliss-reactive ketones (excluding diaryl/α,β-unsaturated/α-hetero) is 1. The summed E-state index contributed by atoms with van der Waals surface area (Å²) in [5.74, 6) is -0.0609.